The number of rotatable bonds is 2. The molecule has 0 fully saturated rings. The smallest absolute Gasteiger partial charge is 0.0952 e. The van der Waals surface area contributed by atoms with Gasteiger partial charge in [0.2, 0.25) is 0 Å². The fourth-order valence-electron chi connectivity index (χ4n) is 2.05. The molecular weight excluding hydrogens is 198 g/mol. The van der Waals surface area contributed by atoms with Gasteiger partial charge in [-0.25, -0.2) is 4.98 Å². The Bertz CT molecular complexity index is 512. The number of aromatic nitrogens is 2. The maximum atomic E-state index is 5.71. The fraction of sp³-hybridized carbons (Fsp3) is 0.308. The van der Waals surface area contributed by atoms with Gasteiger partial charge in [-0.1, -0.05) is 23.8 Å². The zero-order valence-corrected chi connectivity index (χ0v) is 9.99. The molecule has 2 aromatic rings. The van der Waals surface area contributed by atoms with Crippen LogP contribution in [0, 0.1) is 13.8 Å². The van der Waals surface area contributed by atoms with Gasteiger partial charge in [-0.15, -0.1) is 0 Å². The molecule has 0 saturated carbocycles. The Hall–Kier alpha value is -1.61. The van der Waals surface area contributed by atoms with Gasteiger partial charge in [-0.3, -0.25) is 0 Å². The highest BCUT2D eigenvalue weighted by atomic mass is 15.0. The van der Waals surface area contributed by atoms with Crippen LogP contribution in [0.2, 0.25) is 0 Å². The van der Waals surface area contributed by atoms with E-state index in [1.807, 2.05) is 17.9 Å². The minimum atomic E-state index is 0.476. The summed E-state index contributed by atoms with van der Waals surface area (Å²) in [4.78, 5) is 4.31. The summed E-state index contributed by atoms with van der Waals surface area (Å²) in [5, 5.41) is 0. The van der Waals surface area contributed by atoms with Crippen LogP contribution >= 0.6 is 0 Å². The topological polar surface area (TPSA) is 43.8 Å². The third kappa shape index (κ3) is 1.74. The first kappa shape index (κ1) is 10.9. The molecule has 3 nitrogen and oxygen atoms in total. The quantitative estimate of drug-likeness (QED) is 0.834. The van der Waals surface area contributed by atoms with Crippen molar-refractivity contribution in [2.45, 2.75) is 20.4 Å². The first-order chi connectivity index (χ1) is 7.63. The van der Waals surface area contributed by atoms with Gasteiger partial charge in [-0.2, -0.15) is 0 Å². The van der Waals surface area contributed by atoms with Gasteiger partial charge in [0.15, 0.2) is 0 Å². The van der Waals surface area contributed by atoms with Crippen molar-refractivity contribution >= 4 is 0 Å². The van der Waals surface area contributed by atoms with Gasteiger partial charge in [0.1, 0.15) is 0 Å². The molecule has 2 rings (SSSR count). The normalized spacial score (nSPS) is 10.8. The number of hydrogen-bond donors (Lipinski definition) is 1. The van der Waals surface area contributed by atoms with Crippen LogP contribution in [0.1, 0.15) is 16.8 Å². The molecule has 0 aliphatic rings. The van der Waals surface area contributed by atoms with Crippen LogP contribution in [0.15, 0.2) is 24.5 Å². The fourth-order valence-corrected chi connectivity index (χ4v) is 2.05. The van der Waals surface area contributed by atoms with Gasteiger partial charge >= 0.3 is 0 Å². The number of imidazole rings is 1. The number of aryl methyl sites for hydroxylation is 3. The molecule has 0 unspecified atom stereocenters. The van der Waals surface area contributed by atoms with Gasteiger partial charge in [-0.05, 0) is 19.4 Å². The van der Waals surface area contributed by atoms with Crippen molar-refractivity contribution in [2.75, 3.05) is 0 Å². The van der Waals surface area contributed by atoms with Gasteiger partial charge in [0, 0.05) is 19.2 Å². The molecule has 0 bridgehead atoms. The SMILES string of the molecule is Cc1ccc(-c2c(CN)ncn2C)c(C)c1. The predicted molar refractivity (Wildman–Crippen MR) is 66.0 cm³/mol. The van der Waals surface area contributed by atoms with E-state index in [-0.39, 0.29) is 0 Å². The van der Waals surface area contributed by atoms with Crippen molar-refractivity contribution in [1.29, 1.82) is 0 Å². The molecule has 0 spiro atoms. The molecular formula is C13H17N3. The van der Waals surface area contributed by atoms with Gasteiger partial charge < -0.3 is 10.3 Å². The van der Waals surface area contributed by atoms with Crippen molar-refractivity contribution in [1.82, 2.24) is 9.55 Å². The zero-order chi connectivity index (χ0) is 11.7. The maximum Gasteiger partial charge on any atom is 0.0952 e. The lowest BCUT2D eigenvalue weighted by Crippen LogP contribution is -2.01. The third-order valence-electron chi connectivity index (χ3n) is 2.84. The van der Waals surface area contributed by atoms with Crippen molar-refractivity contribution in [2.24, 2.45) is 12.8 Å². The summed E-state index contributed by atoms with van der Waals surface area (Å²) in [5.41, 5.74) is 11.5. The van der Waals surface area contributed by atoms with Crippen LogP contribution in [-0.2, 0) is 13.6 Å². The number of nitrogens with two attached hydrogens (primary N) is 1. The predicted octanol–water partition coefficient (Wildman–Crippen LogP) is 2.16. The van der Waals surface area contributed by atoms with Crippen LogP contribution in [0.5, 0.6) is 0 Å². The van der Waals surface area contributed by atoms with E-state index in [1.54, 1.807) is 0 Å². The minimum Gasteiger partial charge on any atom is -0.333 e. The van der Waals surface area contributed by atoms with Crippen molar-refractivity contribution in [3.05, 3.63) is 41.3 Å². The second kappa shape index (κ2) is 4.10. The van der Waals surface area contributed by atoms with E-state index in [9.17, 15) is 0 Å². The van der Waals surface area contributed by atoms with E-state index in [0.717, 1.165) is 11.4 Å². The molecule has 3 heteroatoms. The van der Waals surface area contributed by atoms with Crippen LogP contribution in [0.25, 0.3) is 11.3 Å². The Morgan fingerprint density at radius 3 is 2.69 bits per heavy atom. The van der Waals surface area contributed by atoms with Crippen LogP contribution < -0.4 is 5.73 Å². The Balaban J connectivity index is 2.62. The molecule has 0 aliphatic carbocycles. The monoisotopic (exact) mass is 215 g/mol. The molecule has 1 aromatic carbocycles. The van der Waals surface area contributed by atoms with Crippen LogP contribution in [0.4, 0.5) is 0 Å². The van der Waals surface area contributed by atoms with E-state index < -0.39 is 0 Å². The van der Waals surface area contributed by atoms with E-state index in [4.69, 9.17) is 5.73 Å². The maximum absolute atomic E-state index is 5.71. The minimum absolute atomic E-state index is 0.476. The van der Waals surface area contributed by atoms with Gasteiger partial charge in [0.25, 0.3) is 0 Å². The first-order valence-electron chi connectivity index (χ1n) is 5.41. The summed E-state index contributed by atoms with van der Waals surface area (Å²) in [7, 11) is 2.00. The Kier molecular flexibility index (Phi) is 2.79. The van der Waals surface area contributed by atoms with E-state index in [1.165, 1.54) is 16.7 Å². The molecule has 0 radical (unpaired) electrons. The molecule has 16 heavy (non-hydrogen) atoms. The van der Waals surface area contributed by atoms with Crippen LogP contribution in [0.3, 0.4) is 0 Å². The average molecular weight is 215 g/mol. The Labute approximate surface area is 95.9 Å². The summed E-state index contributed by atoms with van der Waals surface area (Å²) in [6.45, 7) is 4.70. The van der Waals surface area contributed by atoms with E-state index in [0.29, 0.717) is 6.54 Å². The number of nitrogens with zero attached hydrogens (tertiary/aromatic N) is 2. The lowest BCUT2D eigenvalue weighted by atomic mass is 10.0. The lowest BCUT2D eigenvalue weighted by Gasteiger charge is -2.09. The summed E-state index contributed by atoms with van der Waals surface area (Å²) < 4.78 is 2.03. The van der Waals surface area contributed by atoms with Crippen molar-refractivity contribution in [3.63, 3.8) is 0 Å². The van der Waals surface area contributed by atoms with E-state index in [2.05, 4.69) is 37.0 Å². The van der Waals surface area contributed by atoms with Crippen molar-refractivity contribution < 1.29 is 0 Å². The second-order valence-electron chi connectivity index (χ2n) is 4.17. The summed E-state index contributed by atoms with van der Waals surface area (Å²) in [6, 6.07) is 6.44. The molecule has 1 aromatic heterocycles. The third-order valence-corrected chi connectivity index (χ3v) is 2.84. The molecule has 0 saturated heterocycles. The zero-order valence-electron chi connectivity index (χ0n) is 9.99. The molecule has 0 amide bonds. The highest BCUT2D eigenvalue weighted by molar-refractivity contribution is 5.66. The Morgan fingerprint density at radius 2 is 2.06 bits per heavy atom. The number of hydrogen-bond acceptors (Lipinski definition) is 2. The van der Waals surface area contributed by atoms with E-state index >= 15 is 0 Å². The van der Waals surface area contributed by atoms with Crippen molar-refractivity contribution in [3.8, 4) is 11.3 Å². The molecule has 0 atom stereocenters. The molecule has 0 aliphatic heterocycles. The highest BCUT2D eigenvalue weighted by Crippen LogP contribution is 2.26. The molecule has 84 valence electrons. The first-order valence-corrected chi connectivity index (χ1v) is 5.41. The summed E-state index contributed by atoms with van der Waals surface area (Å²) >= 11 is 0. The average Bonchev–Trinajstić information content (AvgIpc) is 2.60. The summed E-state index contributed by atoms with van der Waals surface area (Å²) in [5.74, 6) is 0. The molecule has 2 N–H and O–H groups in total. The largest absolute Gasteiger partial charge is 0.333 e. The lowest BCUT2D eigenvalue weighted by molar-refractivity contribution is 0.919. The standard InChI is InChI=1S/C13H17N3/c1-9-4-5-11(10(2)6-9)13-12(7-14)15-8-16(13)3/h4-6,8H,7,14H2,1-3H3. The summed E-state index contributed by atoms with van der Waals surface area (Å²) in [6.07, 6.45) is 1.82. The molecule has 1 heterocycles. The highest BCUT2D eigenvalue weighted by Gasteiger charge is 2.11. The number of benzene rings is 1. The van der Waals surface area contributed by atoms with Crippen LogP contribution in [-0.4, -0.2) is 9.55 Å². The Morgan fingerprint density at radius 1 is 1.31 bits per heavy atom. The van der Waals surface area contributed by atoms with Gasteiger partial charge in [0.05, 0.1) is 17.7 Å². The second-order valence-corrected chi connectivity index (χ2v) is 4.17.